The van der Waals surface area contributed by atoms with E-state index in [1.807, 2.05) is 18.2 Å². The van der Waals surface area contributed by atoms with Gasteiger partial charge in [0.15, 0.2) is 0 Å². The van der Waals surface area contributed by atoms with Gasteiger partial charge in [0.25, 0.3) is 0 Å². The normalized spacial score (nSPS) is 11.3. The lowest BCUT2D eigenvalue weighted by Crippen LogP contribution is -2.15. The van der Waals surface area contributed by atoms with Crippen LogP contribution >= 0.6 is 0 Å². The van der Waals surface area contributed by atoms with Crippen LogP contribution in [0.15, 0.2) is 24.3 Å². The Morgan fingerprint density at radius 1 is 0.451 bits per heavy atom. The predicted octanol–water partition coefficient (Wildman–Crippen LogP) is 5.26. The minimum atomic E-state index is -0.138. The molecule has 2 N–H and O–H groups in total. The molecule has 0 bridgehead atoms. The Kier molecular flexibility index (Phi) is 36.0. The van der Waals surface area contributed by atoms with Gasteiger partial charge in [-0.1, -0.05) is 70.4 Å². The molecule has 1 aromatic carbocycles. The molecule has 0 radical (unpaired) electrons. The Balaban J connectivity index is 1.64. The van der Waals surface area contributed by atoms with Crippen LogP contribution in [-0.4, -0.2) is 138 Å². The number of anilines is 1. The first-order valence-corrected chi connectivity index (χ1v) is 19.1. The Morgan fingerprint density at radius 2 is 0.784 bits per heavy atom. The number of rotatable bonds is 41. The first-order valence-electron chi connectivity index (χ1n) is 19.1. The smallest absolute Gasteiger partial charge is 0.305 e. The molecule has 0 aliphatic rings. The predicted molar refractivity (Wildman–Crippen MR) is 197 cm³/mol. The first kappa shape index (κ1) is 47.0. The van der Waals surface area contributed by atoms with Crippen LogP contribution in [0.2, 0.25) is 0 Å². The second-order valence-electron chi connectivity index (χ2n) is 11.7. The number of benzene rings is 1. The van der Waals surface area contributed by atoms with Crippen molar-refractivity contribution in [2.24, 2.45) is 0 Å². The van der Waals surface area contributed by atoms with Crippen LogP contribution in [-0.2, 0) is 52.2 Å². The zero-order valence-electron chi connectivity index (χ0n) is 31.5. The standard InChI is InChI=1S/C38H69NO12/c1-2-3-4-5-6-7-8-9-10-15-38(40)51-35-33-49-31-29-47-27-25-45-23-21-43-19-17-41-16-18-42-20-22-44-24-26-46-28-30-48-32-34-50-37-14-12-11-13-36(37)39/h11-14H,2-10,15-35,39H2,1H3. The van der Waals surface area contributed by atoms with Gasteiger partial charge in [0.2, 0.25) is 0 Å². The maximum Gasteiger partial charge on any atom is 0.305 e. The number of para-hydroxylation sites is 2. The number of unbranched alkanes of at least 4 members (excludes halogenated alkanes) is 8. The van der Waals surface area contributed by atoms with E-state index in [4.69, 9.17) is 57.8 Å². The number of hydrogen-bond donors (Lipinski definition) is 1. The first-order chi connectivity index (χ1) is 25.2. The molecule has 0 atom stereocenters. The third kappa shape index (κ3) is 34.8. The molecule has 0 spiro atoms. The van der Waals surface area contributed by atoms with Crippen LogP contribution in [0, 0.1) is 0 Å². The summed E-state index contributed by atoms with van der Waals surface area (Å²) in [5.74, 6) is 0.529. The van der Waals surface area contributed by atoms with E-state index < -0.39 is 0 Å². The van der Waals surface area contributed by atoms with Gasteiger partial charge in [-0.15, -0.1) is 0 Å². The van der Waals surface area contributed by atoms with Crippen molar-refractivity contribution in [3.8, 4) is 5.75 Å². The Labute approximate surface area is 307 Å². The number of nitrogen functional groups attached to an aromatic ring is 1. The van der Waals surface area contributed by atoms with Gasteiger partial charge in [-0.05, 0) is 18.6 Å². The molecule has 13 nitrogen and oxygen atoms in total. The van der Waals surface area contributed by atoms with Crippen LogP contribution in [0.25, 0.3) is 0 Å². The summed E-state index contributed by atoms with van der Waals surface area (Å²) < 4.78 is 60.1. The monoisotopic (exact) mass is 731 g/mol. The molecule has 0 amide bonds. The van der Waals surface area contributed by atoms with Gasteiger partial charge in [0.05, 0.1) is 125 Å². The molecule has 51 heavy (non-hydrogen) atoms. The van der Waals surface area contributed by atoms with Crippen molar-refractivity contribution in [1.82, 2.24) is 0 Å². The van der Waals surface area contributed by atoms with Crippen molar-refractivity contribution >= 4 is 11.7 Å². The van der Waals surface area contributed by atoms with Gasteiger partial charge < -0.3 is 57.8 Å². The lowest BCUT2D eigenvalue weighted by molar-refractivity contribution is -0.145. The second-order valence-corrected chi connectivity index (χ2v) is 11.7. The molecule has 0 saturated heterocycles. The van der Waals surface area contributed by atoms with Crippen LogP contribution in [0.1, 0.15) is 71.1 Å². The summed E-state index contributed by atoms with van der Waals surface area (Å²) in [6, 6.07) is 7.38. The van der Waals surface area contributed by atoms with E-state index in [-0.39, 0.29) is 12.6 Å². The Hall–Kier alpha value is -2.07. The third-order valence-corrected chi connectivity index (χ3v) is 7.36. The topological polar surface area (TPSA) is 145 Å². The number of nitrogens with two attached hydrogens (primary N) is 1. The van der Waals surface area contributed by atoms with Crippen molar-refractivity contribution in [2.45, 2.75) is 71.1 Å². The molecule has 0 aliphatic heterocycles. The van der Waals surface area contributed by atoms with Crippen molar-refractivity contribution in [3.63, 3.8) is 0 Å². The van der Waals surface area contributed by atoms with E-state index in [0.717, 1.165) is 12.8 Å². The zero-order valence-corrected chi connectivity index (χ0v) is 31.5. The quantitative estimate of drug-likeness (QED) is 0.0532. The summed E-state index contributed by atoms with van der Waals surface area (Å²) >= 11 is 0. The fourth-order valence-electron chi connectivity index (χ4n) is 4.55. The fourth-order valence-corrected chi connectivity index (χ4v) is 4.55. The highest BCUT2D eigenvalue weighted by atomic mass is 16.6. The minimum Gasteiger partial charge on any atom is -0.489 e. The fraction of sp³-hybridized carbons (Fsp3) is 0.816. The average molecular weight is 732 g/mol. The number of esters is 1. The second kappa shape index (κ2) is 39.1. The van der Waals surface area contributed by atoms with E-state index in [1.165, 1.54) is 44.9 Å². The van der Waals surface area contributed by atoms with Gasteiger partial charge in [0.1, 0.15) is 19.0 Å². The summed E-state index contributed by atoms with van der Waals surface area (Å²) in [6.45, 7) is 11.7. The van der Waals surface area contributed by atoms with Gasteiger partial charge >= 0.3 is 5.97 Å². The maximum atomic E-state index is 11.8. The third-order valence-electron chi connectivity index (χ3n) is 7.36. The molecule has 1 rings (SSSR count). The maximum absolute atomic E-state index is 11.8. The summed E-state index contributed by atoms with van der Waals surface area (Å²) in [6.07, 6.45) is 11.6. The van der Waals surface area contributed by atoms with Crippen molar-refractivity contribution in [2.75, 3.05) is 138 Å². The van der Waals surface area contributed by atoms with Gasteiger partial charge in [-0.3, -0.25) is 4.79 Å². The van der Waals surface area contributed by atoms with E-state index in [1.54, 1.807) is 6.07 Å². The van der Waals surface area contributed by atoms with Crippen LogP contribution in [0.3, 0.4) is 0 Å². The van der Waals surface area contributed by atoms with Gasteiger partial charge in [-0.25, -0.2) is 0 Å². The van der Waals surface area contributed by atoms with Gasteiger partial charge in [-0.2, -0.15) is 0 Å². The number of carbonyl (C=O) groups excluding carboxylic acids is 1. The van der Waals surface area contributed by atoms with E-state index >= 15 is 0 Å². The summed E-state index contributed by atoms with van der Waals surface area (Å²) in [5, 5.41) is 0. The largest absolute Gasteiger partial charge is 0.489 e. The molecular formula is C38H69NO12. The molecule has 0 fully saturated rings. The molecular weight excluding hydrogens is 662 g/mol. The number of ether oxygens (including phenoxy) is 11. The number of carbonyl (C=O) groups is 1. The Bertz CT molecular complexity index is 866. The van der Waals surface area contributed by atoms with Gasteiger partial charge in [0, 0.05) is 6.42 Å². The minimum absolute atomic E-state index is 0.138. The van der Waals surface area contributed by atoms with Crippen molar-refractivity contribution in [3.05, 3.63) is 24.3 Å². The SMILES string of the molecule is CCCCCCCCCCCC(=O)OCCOCCOCCOCCOCCOCCOCCOCCOCCOCCOc1ccccc1N. The highest BCUT2D eigenvalue weighted by Crippen LogP contribution is 2.19. The lowest BCUT2D eigenvalue weighted by atomic mass is 10.1. The molecule has 0 heterocycles. The highest BCUT2D eigenvalue weighted by Gasteiger charge is 2.03. The molecule has 298 valence electrons. The molecule has 1 aromatic rings. The lowest BCUT2D eigenvalue weighted by Gasteiger charge is -2.10. The van der Waals surface area contributed by atoms with Crippen LogP contribution in [0.5, 0.6) is 5.75 Å². The van der Waals surface area contributed by atoms with Crippen LogP contribution < -0.4 is 10.5 Å². The molecule has 13 heteroatoms. The van der Waals surface area contributed by atoms with E-state index in [2.05, 4.69) is 6.92 Å². The van der Waals surface area contributed by atoms with E-state index in [0.29, 0.717) is 143 Å². The van der Waals surface area contributed by atoms with Crippen molar-refractivity contribution < 1.29 is 56.9 Å². The summed E-state index contributed by atoms with van der Waals surface area (Å²) in [4.78, 5) is 11.8. The van der Waals surface area contributed by atoms with E-state index in [9.17, 15) is 4.79 Å². The summed E-state index contributed by atoms with van der Waals surface area (Å²) in [5.41, 5.74) is 6.44. The molecule has 0 aliphatic carbocycles. The molecule has 0 unspecified atom stereocenters. The number of hydrogen-bond acceptors (Lipinski definition) is 13. The summed E-state index contributed by atoms with van der Waals surface area (Å²) in [7, 11) is 0. The Morgan fingerprint density at radius 3 is 1.18 bits per heavy atom. The molecule has 0 saturated carbocycles. The van der Waals surface area contributed by atoms with Crippen molar-refractivity contribution in [1.29, 1.82) is 0 Å². The zero-order chi connectivity index (χ0) is 36.6. The molecule has 0 aromatic heterocycles. The highest BCUT2D eigenvalue weighted by molar-refractivity contribution is 5.69. The van der Waals surface area contributed by atoms with Crippen LogP contribution in [0.4, 0.5) is 5.69 Å². The average Bonchev–Trinajstić information content (AvgIpc) is 3.14.